The Kier molecular flexibility index (Phi) is 4.15. The Balaban J connectivity index is 0.000000124. The van der Waals surface area contributed by atoms with Gasteiger partial charge in [0.2, 0.25) is 0 Å². The summed E-state index contributed by atoms with van der Waals surface area (Å²) in [6, 6.07) is 10.3. The molecule has 1 N–H and O–H groups in total. The molecule has 0 atom stereocenters. The molecule has 1 saturated heterocycles. The summed E-state index contributed by atoms with van der Waals surface area (Å²) in [6.07, 6.45) is 6.35. The molecular weight excluding hydrogens is 202 g/mol. The lowest BCUT2D eigenvalue weighted by molar-refractivity contribution is 0.764. The van der Waals surface area contributed by atoms with Gasteiger partial charge in [-0.2, -0.15) is 11.8 Å². The zero-order valence-electron chi connectivity index (χ0n) is 8.91. The van der Waals surface area contributed by atoms with Crippen LogP contribution in [0.1, 0.15) is 19.3 Å². The van der Waals surface area contributed by atoms with E-state index in [1.807, 2.05) is 18.3 Å². The van der Waals surface area contributed by atoms with Gasteiger partial charge in [0.05, 0.1) is 0 Å². The van der Waals surface area contributed by atoms with Crippen molar-refractivity contribution in [2.75, 3.05) is 11.5 Å². The van der Waals surface area contributed by atoms with Crippen LogP contribution < -0.4 is 0 Å². The fraction of sp³-hybridized carbons (Fsp3) is 0.385. The van der Waals surface area contributed by atoms with Gasteiger partial charge in [0.25, 0.3) is 0 Å². The molecule has 0 saturated carbocycles. The second-order valence-electron chi connectivity index (χ2n) is 3.74. The maximum absolute atomic E-state index is 3.12. The number of nitrogens with one attached hydrogen (secondary N) is 1. The molecule has 0 spiro atoms. The van der Waals surface area contributed by atoms with Crippen LogP contribution in [0.2, 0.25) is 0 Å². The van der Waals surface area contributed by atoms with Gasteiger partial charge in [-0.15, -0.1) is 0 Å². The van der Waals surface area contributed by atoms with E-state index in [0.717, 1.165) is 0 Å². The van der Waals surface area contributed by atoms with Gasteiger partial charge in [-0.1, -0.05) is 24.6 Å². The quantitative estimate of drug-likeness (QED) is 0.706. The Morgan fingerprint density at radius 2 is 1.73 bits per heavy atom. The van der Waals surface area contributed by atoms with Crippen LogP contribution in [-0.2, 0) is 0 Å². The summed E-state index contributed by atoms with van der Waals surface area (Å²) in [5, 5.41) is 1.28. The number of hydrogen-bond donors (Lipinski definition) is 1. The lowest BCUT2D eigenvalue weighted by Crippen LogP contribution is -1.91. The Morgan fingerprint density at radius 3 is 2.33 bits per heavy atom. The number of hydrogen-bond acceptors (Lipinski definition) is 1. The predicted octanol–water partition coefficient (Wildman–Crippen LogP) is 4.07. The van der Waals surface area contributed by atoms with Gasteiger partial charge in [-0.05, 0) is 41.9 Å². The molecule has 0 bridgehead atoms. The maximum Gasteiger partial charge on any atom is 0.0453 e. The van der Waals surface area contributed by atoms with Crippen LogP contribution in [0.4, 0.5) is 0 Å². The van der Waals surface area contributed by atoms with Crippen molar-refractivity contribution in [1.82, 2.24) is 4.98 Å². The molecule has 2 heterocycles. The van der Waals surface area contributed by atoms with Gasteiger partial charge in [0.15, 0.2) is 0 Å². The Labute approximate surface area is 95.3 Å². The first-order chi connectivity index (χ1) is 7.47. The van der Waals surface area contributed by atoms with E-state index in [-0.39, 0.29) is 0 Å². The van der Waals surface area contributed by atoms with Crippen molar-refractivity contribution in [1.29, 1.82) is 0 Å². The summed E-state index contributed by atoms with van der Waals surface area (Å²) >= 11 is 2.09. The van der Waals surface area contributed by atoms with E-state index < -0.39 is 0 Å². The molecule has 80 valence electrons. The van der Waals surface area contributed by atoms with Crippen LogP contribution in [0.15, 0.2) is 36.5 Å². The molecule has 1 aliphatic heterocycles. The Bertz CT molecular complexity index is 348. The minimum atomic E-state index is 1.21. The molecule has 2 heteroatoms. The zero-order chi connectivity index (χ0) is 10.3. The summed E-state index contributed by atoms with van der Waals surface area (Å²) in [5.41, 5.74) is 1.21. The van der Waals surface area contributed by atoms with Gasteiger partial charge in [0.1, 0.15) is 0 Å². The highest BCUT2D eigenvalue weighted by atomic mass is 32.2. The first-order valence-corrected chi connectivity index (χ1v) is 6.72. The average Bonchev–Trinajstić information content (AvgIpc) is 2.80. The molecule has 0 unspecified atom stereocenters. The molecule has 0 amide bonds. The number of para-hydroxylation sites is 1. The number of rotatable bonds is 0. The fourth-order valence-electron chi connectivity index (χ4n) is 1.68. The highest BCUT2D eigenvalue weighted by Gasteiger charge is 1.95. The fourth-order valence-corrected chi connectivity index (χ4v) is 2.70. The van der Waals surface area contributed by atoms with Gasteiger partial charge in [-0.3, -0.25) is 0 Å². The highest BCUT2D eigenvalue weighted by molar-refractivity contribution is 7.99. The first kappa shape index (κ1) is 10.6. The Morgan fingerprint density at radius 1 is 0.933 bits per heavy atom. The topological polar surface area (TPSA) is 15.8 Å². The zero-order valence-corrected chi connectivity index (χ0v) is 9.72. The molecule has 0 radical (unpaired) electrons. The molecule has 2 aromatic rings. The van der Waals surface area contributed by atoms with Crippen LogP contribution in [0.25, 0.3) is 10.9 Å². The van der Waals surface area contributed by atoms with Gasteiger partial charge >= 0.3 is 0 Å². The van der Waals surface area contributed by atoms with E-state index in [9.17, 15) is 0 Å². The third kappa shape index (κ3) is 3.31. The lowest BCUT2D eigenvalue weighted by Gasteiger charge is -2.05. The van der Waals surface area contributed by atoms with Crippen LogP contribution in [0.3, 0.4) is 0 Å². The van der Waals surface area contributed by atoms with Crippen LogP contribution in [0, 0.1) is 0 Å². The number of H-pyrrole nitrogens is 1. The second-order valence-corrected chi connectivity index (χ2v) is 4.96. The number of aromatic nitrogens is 1. The summed E-state index contributed by atoms with van der Waals surface area (Å²) in [6.45, 7) is 0. The molecule has 0 aliphatic carbocycles. The van der Waals surface area contributed by atoms with Gasteiger partial charge in [-0.25, -0.2) is 0 Å². The third-order valence-electron chi connectivity index (χ3n) is 2.54. The van der Waals surface area contributed by atoms with E-state index in [0.29, 0.717) is 0 Å². The predicted molar refractivity (Wildman–Crippen MR) is 69.5 cm³/mol. The van der Waals surface area contributed by atoms with E-state index in [1.54, 1.807) is 0 Å². The van der Waals surface area contributed by atoms with Crippen molar-refractivity contribution < 1.29 is 0 Å². The molecule has 1 aliphatic rings. The van der Waals surface area contributed by atoms with Crippen LogP contribution in [0.5, 0.6) is 0 Å². The molecule has 1 aromatic carbocycles. The van der Waals surface area contributed by atoms with Crippen molar-refractivity contribution in [3.05, 3.63) is 36.5 Å². The van der Waals surface area contributed by atoms with Crippen molar-refractivity contribution in [2.45, 2.75) is 19.3 Å². The van der Waals surface area contributed by atoms with Crippen molar-refractivity contribution in [3.8, 4) is 0 Å². The number of aromatic amines is 1. The molecular formula is C13H17NS. The monoisotopic (exact) mass is 219 g/mol. The van der Waals surface area contributed by atoms with Gasteiger partial charge < -0.3 is 4.98 Å². The highest BCUT2D eigenvalue weighted by Crippen LogP contribution is 2.14. The normalized spacial score (nSPS) is 15.7. The van der Waals surface area contributed by atoms with E-state index in [4.69, 9.17) is 0 Å². The standard InChI is InChI=1S/C8H7N.C5H10S/c1-2-4-8-7(3-1)5-6-9-8;1-2-4-6-5-3-1/h1-6,9H;1-5H2. The van der Waals surface area contributed by atoms with Crippen molar-refractivity contribution in [2.24, 2.45) is 0 Å². The SMILES string of the molecule is C1CCSCC1.c1ccc2[nH]ccc2c1. The van der Waals surface area contributed by atoms with E-state index >= 15 is 0 Å². The smallest absolute Gasteiger partial charge is 0.0453 e. The second kappa shape index (κ2) is 5.86. The van der Waals surface area contributed by atoms with Crippen LogP contribution >= 0.6 is 11.8 Å². The summed E-state index contributed by atoms with van der Waals surface area (Å²) in [4.78, 5) is 3.12. The Hall–Kier alpha value is -0.890. The number of thioether (sulfide) groups is 1. The van der Waals surface area contributed by atoms with Crippen molar-refractivity contribution in [3.63, 3.8) is 0 Å². The third-order valence-corrected chi connectivity index (χ3v) is 3.69. The molecule has 1 nitrogen and oxygen atoms in total. The summed E-state index contributed by atoms with van der Waals surface area (Å²) < 4.78 is 0. The molecule has 1 fully saturated rings. The molecule has 1 aromatic heterocycles. The molecule has 3 rings (SSSR count). The van der Waals surface area contributed by atoms with E-state index in [1.165, 1.54) is 41.7 Å². The molecule has 15 heavy (non-hydrogen) atoms. The van der Waals surface area contributed by atoms with E-state index in [2.05, 4.69) is 34.9 Å². The minimum absolute atomic E-state index is 1.21. The largest absolute Gasteiger partial charge is 0.361 e. The van der Waals surface area contributed by atoms with Crippen molar-refractivity contribution >= 4 is 22.7 Å². The lowest BCUT2D eigenvalue weighted by atomic mass is 10.3. The number of fused-ring (bicyclic) bond motifs is 1. The summed E-state index contributed by atoms with van der Waals surface area (Å²) in [7, 11) is 0. The summed E-state index contributed by atoms with van der Waals surface area (Å²) in [5.74, 6) is 2.83. The van der Waals surface area contributed by atoms with Gasteiger partial charge in [0, 0.05) is 11.7 Å². The van der Waals surface area contributed by atoms with Crippen LogP contribution in [-0.4, -0.2) is 16.5 Å². The number of benzene rings is 1. The minimum Gasteiger partial charge on any atom is -0.361 e. The first-order valence-electron chi connectivity index (χ1n) is 5.57. The maximum atomic E-state index is 3.12. The average molecular weight is 219 g/mol.